The number of hydrogen-bond acceptors (Lipinski definition) is 8. The van der Waals surface area contributed by atoms with Gasteiger partial charge in [0, 0.05) is 30.2 Å². The number of aliphatic hydroxyl groups excluding tert-OH is 1. The van der Waals surface area contributed by atoms with Gasteiger partial charge in [-0.15, -0.1) is 0 Å². The summed E-state index contributed by atoms with van der Waals surface area (Å²) in [7, 11) is 1.35. The number of nitro groups is 1. The molecule has 132 valence electrons. The third-order valence-electron chi connectivity index (χ3n) is 3.37. The second-order valence-electron chi connectivity index (χ2n) is 5.01. The lowest BCUT2D eigenvalue weighted by Crippen LogP contribution is -2.19. The van der Waals surface area contributed by atoms with Gasteiger partial charge >= 0.3 is 5.69 Å². The van der Waals surface area contributed by atoms with E-state index < -0.39 is 4.92 Å². The number of hydrazone groups is 1. The van der Waals surface area contributed by atoms with Crippen LogP contribution >= 0.6 is 0 Å². The summed E-state index contributed by atoms with van der Waals surface area (Å²) in [5, 5.41) is 23.8. The molecule has 10 nitrogen and oxygen atoms in total. The summed E-state index contributed by atoms with van der Waals surface area (Å²) in [6, 6.07) is 4.38. The van der Waals surface area contributed by atoms with E-state index in [0.717, 1.165) is 0 Å². The number of benzene rings is 1. The minimum Gasteiger partial charge on any atom is -0.490 e. The first-order valence-electron chi connectivity index (χ1n) is 7.28. The minimum absolute atomic E-state index is 0.128. The van der Waals surface area contributed by atoms with Crippen molar-refractivity contribution >= 4 is 17.9 Å². The highest BCUT2D eigenvalue weighted by Crippen LogP contribution is 2.26. The number of rotatable bonds is 7. The number of nitro benzene ring substituents is 1. The molecular formula is C15H17N5O5. The number of H-pyrrole nitrogens is 1. The first kappa shape index (κ1) is 18.1. The van der Waals surface area contributed by atoms with Gasteiger partial charge < -0.3 is 9.84 Å². The summed E-state index contributed by atoms with van der Waals surface area (Å²) in [5.41, 5.74) is 3.38. The van der Waals surface area contributed by atoms with E-state index >= 15 is 0 Å². The summed E-state index contributed by atoms with van der Waals surface area (Å²) >= 11 is 0. The quantitative estimate of drug-likeness (QED) is 0.385. The van der Waals surface area contributed by atoms with Gasteiger partial charge in [0.2, 0.25) is 5.95 Å². The Hall–Kier alpha value is -3.27. The highest BCUT2D eigenvalue weighted by molar-refractivity contribution is 5.82. The van der Waals surface area contributed by atoms with Crippen LogP contribution in [0.4, 0.5) is 11.6 Å². The maximum Gasteiger partial charge on any atom is 0.311 e. The van der Waals surface area contributed by atoms with E-state index in [-0.39, 0.29) is 36.0 Å². The lowest BCUT2D eigenvalue weighted by atomic mass is 10.2. The maximum atomic E-state index is 11.9. The molecule has 0 atom stereocenters. The molecule has 1 heterocycles. The van der Waals surface area contributed by atoms with Gasteiger partial charge in [0.15, 0.2) is 5.75 Å². The summed E-state index contributed by atoms with van der Waals surface area (Å²) < 4.78 is 4.92. The highest BCUT2D eigenvalue weighted by Gasteiger charge is 2.14. The van der Waals surface area contributed by atoms with Gasteiger partial charge in [0.05, 0.1) is 23.9 Å². The molecule has 1 aromatic carbocycles. The Morgan fingerprint density at radius 2 is 2.28 bits per heavy atom. The van der Waals surface area contributed by atoms with Crippen molar-refractivity contribution in [3.63, 3.8) is 0 Å². The Kier molecular flexibility index (Phi) is 5.79. The second kappa shape index (κ2) is 8.02. The zero-order valence-electron chi connectivity index (χ0n) is 13.6. The van der Waals surface area contributed by atoms with Crippen LogP contribution in [0, 0.1) is 17.0 Å². The zero-order valence-corrected chi connectivity index (χ0v) is 13.6. The number of nitrogens with one attached hydrogen (secondary N) is 2. The monoisotopic (exact) mass is 347 g/mol. The fourth-order valence-corrected chi connectivity index (χ4v) is 2.17. The number of aromatic amines is 1. The third-order valence-corrected chi connectivity index (χ3v) is 3.37. The van der Waals surface area contributed by atoms with Crippen molar-refractivity contribution in [2.24, 2.45) is 5.10 Å². The van der Waals surface area contributed by atoms with Crippen LogP contribution in [-0.2, 0) is 6.42 Å². The largest absolute Gasteiger partial charge is 0.490 e. The molecule has 0 amide bonds. The van der Waals surface area contributed by atoms with Gasteiger partial charge in [-0.3, -0.25) is 19.9 Å². The Balaban J connectivity index is 2.17. The molecule has 0 aliphatic carbocycles. The van der Waals surface area contributed by atoms with Gasteiger partial charge in [0.25, 0.3) is 5.56 Å². The number of ether oxygens (including phenoxy) is 1. The Morgan fingerprint density at radius 3 is 2.88 bits per heavy atom. The van der Waals surface area contributed by atoms with Gasteiger partial charge in [-0.05, 0) is 19.1 Å². The van der Waals surface area contributed by atoms with Crippen molar-refractivity contribution in [2.45, 2.75) is 13.3 Å². The van der Waals surface area contributed by atoms with Crippen molar-refractivity contribution in [3.05, 3.63) is 55.5 Å². The van der Waals surface area contributed by atoms with Crippen molar-refractivity contribution in [1.29, 1.82) is 0 Å². The second-order valence-corrected chi connectivity index (χ2v) is 5.01. The molecule has 10 heteroatoms. The lowest BCUT2D eigenvalue weighted by molar-refractivity contribution is -0.385. The molecule has 0 saturated carbocycles. The Morgan fingerprint density at radius 1 is 1.52 bits per heavy atom. The normalized spacial score (nSPS) is 10.8. The number of methoxy groups -OCH3 is 1. The number of hydrogen-bond donors (Lipinski definition) is 3. The number of aliphatic hydroxyl groups is 1. The topological polar surface area (TPSA) is 143 Å². The first-order chi connectivity index (χ1) is 12.0. The Labute approximate surface area is 142 Å². The minimum atomic E-state index is -0.550. The van der Waals surface area contributed by atoms with E-state index in [1.807, 2.05) is 0 Å². The van der Waals surface area contributed by atoms with E-state index in [9.17, 15) is 14.9 Å². The average Bonchev–Trinajstić information content (AvgIpc) is 2.58. The molecule has 0 saturated heterocycles. The molecule has 0 aliphatic rings. The SMILES string of the molecule is COc1ccc(/C=N\Nc2nc(C)c(CCO)c(=O)[nH]2)cc1[N+](=O)[O-]. The number of nitrogens with zero attached hydrogens (tertiary/aromatic N) is 3. The molecule has 2 rings (SSSR count). The molecule has 25 heavy (non-hydrogen) atoms. The summed E-state index contributed by atoms with van der Waals surface area (Å²) in [4.78, 5) is 29.0. The number of anilines is 1. The molecule has 0 aliphatic heterocycles. The molecule has 0 fully saturated rings. The van der Waals surface area contributed by atoms with Gasteiger partial charge in [-0.2, -0.15) is 5.10 Å². The van der Waals surface area contributed by atoms with Gasteiger partial charge in [-0.1, -0.05) is 0 Å². The fraction of sp³-hybridized carbons (Fsp3) is 0.267. The van der Waals surface area contributed by atoms with Crippen molar-refractivity contribution in [3.8, 4) is 5.75 Å². The summed E-state index contributed by atoms with van der Waals surface area (Å²) in [6.07, 6.45) is 1.57. The maximum absolute atomic E-state index is 11.9. The van der Waals surface area contributed by atoms with Crippen LogP contribution in [0.2, 0.25) is 0 Å². The molecule has 2 aromatic rings. The molecule has 3 N–H and O–H groups in total. The zero-order chi connectivity index (χ0) is 18.4. The van der Waals surface area contributed by atoms with Crippen LogP contribution in [-0.4, -0.2) is 39.9 Å². The summed E-state index contributed by atoms with van der Waals surface area (Å²) in [5.74, 6) is 0.277. The molecule has 0 bridgehead atoms. The van der Waals surface area contributed by atoms with Gasteiger partial charge in [0.1, 0.15) is 0 Å². The molecular weight excluding hydrogens is 330 g/mol. The fourth-order valence-electron chi connectivity index (χ4n) is 2.17. The first-order valence-corrected chi connectivity index (χ1v) is 7.28. The smallest absolute Gasteiger partial charge is 0.311 e. The molecule has 0 unspecified atom stereocenters. The van der Waals surface area contributed by atoms with Crippen LogP contribution in [0.3, 0.4) is 0 Å². The molecule has 0 radical (unpaired) electrons. The third kappa shape index (κ3) is 4.38. The van der Waals surface area contributed by atoms with E-state index in [2.05, 4.69) is 20.5 Å². The predicted octanol–water partition coefficient (Wildman–Crippen LogP) is 0.976. The van der Waals surface area contributed by atoms with Crippen molar-refractivity contribution < 1.29 is 14.8 Å². The predicted molar refractivity (Wildman–Crippen MR) is 91.2 cm³/mol. The van der Waals surface area contributed by atoms with E-state index in [1.165, 1.54) is 25.5 Å². The van der Waals surface area contributed by atoms with Crippen molar-refractivity contribution in [2.75, 3.05) is 19.1 Å². The Bertz CT molecular complexity index is 862. The van der Waals surface area contributed by atoms with Crippen LogP contribution < -0.4 is 15.7 Å². The average molecular weight is 347 g/mol. The van der Waals surface area contributed by atoms with E-state index in [1.54, 1.807) is 13.0 Å². The van der Waals surface area contributed by atoms with E-state index in [4.69, 9.17) is 9.84 Å². The molecule has 0 spiro atoms. The number of aryl methyl sites for hydroxylation is 1. The number of aromatic nitrogens is 2. The van der Waals surface area contributed by atoms with E-state index in [0.29, 0.717) is 16.8 Å². The van der Waals surface area contributed by atoms with Crippen molar-refractivity contribution in [1.82, 2.24) is 9.97 Å². The highest BCUT2D eigenvalue weighted by atomic mass is 16.6. The van der Waals surface area contributed by atoms with Crippen LogP contribution in [0.25, 0.3) is 0 Å². The standard InChI is InChI=1S/C15H17N5O5/c1-9-11(5-6-21)14(22)18-15(17-9)19-16-8-10-3-4-13(25-2)12(7-10)20(23)24/h3-4,7-8,21H,5-6H2,1-2H3,(H2,17,18,19,22)/b16-8-. The van der Waals surface area contributed by atoms with Crippen LogP contribution in [0.1, 0.15) is 16.8 Å². The molecule has 1 aromatic heterocycles. The van der Waals surface area contributed by atoms with Crippen LogP contribution in [0.15, 0.2) is 28.1 Å². The van der Waals surface area contributed by atoms with Crippen LogP contribution in [0.5, 0.6) is 5.75 Å². The summed E-state index contributed by atoms with van der Waals surface area (Å²) in [6.45, 7) is 1.51. The van der Waals surface area contributed by atoms with Gasteiger partial charge in [-0.25, -0.2) is 10.4 Å². The lowest BCUT2D eigenvalue weighted by Gasteiger charge is -2.05.